The van der Waals surface area contributed by atoms with E-state index in [4.69, 9.17) is 0 Å². The smallest absolute Gasteiger partial charge is 0.330 e. The van der Waals surface area contributed by atoms with E-state index in [-0.39, 0.29) is 11.4 Å². The van der Waals surface area contributed by atoms with Crippen LogP contribution < -0.4 is 0 Å². The third-order valence-corrected chi connectivity index (χ3v) is 5.43. The van der Waals surface area contributed by atoms with Crippen LogP contribution in [0.15, 0.2) is 23.8 Å². The molecule has 106 valence electrons. The average Bonchev–Trinajstić information content (AvgIpc) is 2.41. The summed E-state index contributed by atoms with van der Waals surface area (Å²) in [6, 6.07) is 2.41. The zero-order valence-corrected chi connectivity index (χ0v) is 12.0. The fourth-order valence-corrected chi connectivity index (χ4v) is 5.06. The molecule has 4 aliphatic rings. The molecule has 0 N–H and O–H groups in total. The number of ether oxygens (including phenoxy) is 1. The number of carbonyl (C=O) groups excluding carboxylic acids is 1. The minimum Gasteiger partial charge on any atom is -0.466 e. The molecule has 4 aliphatic carbocycles. The molecule has 0 aromatic carbocycles. The molecule has 4 bridgehead atoms. The Morgan fingerprint density at radius 1 is 1.20 bits per heavy atom. The molecule has 4 saturated carbocycles. The van der Waals surface area contributed by atoms with Crippen LogP contribution in [0.2, 0.25) is 0 Å². The molecule has 4 rings (SSSR count). The van der Waals surface area contributed by atoms with Crippen molar-refractivity contribution >= 4 is 5.97 Å². The molecule has 0 aromatic heterocycles. The highest BCUT2D eigenvalue weighted by atomic mass is 16.5. The molecule has 0 saturated heterocycles. The lowest BCUT2D eigenvalue weighted by atomic mass is 9.48. The molecule has 4 fully saturated rings. The molecule has 3 heteroatoms. The highest BCUT2D eigenvalue weighted by Gasteiger charge is 2.52. The van der Waals surface area contributed by atoms with Crippen LogP contribution >= 0.6 is 0 Å². The van der Waals surface area contributed by atoms with E-state index in [1.165, 1.54) is 51.7 Å². The molecule has 0 heterocycles. The number of esters is 1. The summed E-state index contributed by atoms with van der Waals surface area (Å²) in [6.45, 7) is 0. The molecule has 0 spiro atoms. The Morgan fingerprint density at radius 2 is 1.75 bits per heavy atom. The summed E-state index contributed by atoms with van der Waals surface area (Å²) in [7, 11) is 1.36. The molecule has 20 heavy (non-hydrogen) atoms. The fraction of sp³-hybridized carbons (Fsp3) is 0.647. The maximum atomic E-state index is 11.1. The van der Waals surface area contributed by atoms with Crippen molar-refractivity contribution in [2.24, 2.45) is 23.2 Å². The van der Waals surface area contributed by atoms with Crippen LogP contribution in [0.4, 0.5) is 0 Å². The topological polar surface area (TPSA) is 50.1 Å². The van der Waals surface area contributed by atoms with Gasteiger partial charge in [-0.05, 0) is 62.4 Å². The predicted octanol–water partition coefficient (Wildman–Crippen LogP) is 3.38. The Hall–Kier alpha value is -1.56. The second-order valence-electron chi connectivity index (χ2n) is 6.77. The van der Waals surface area contributed by atoms with Crippen LogP contribution in [0, 0.1) is 34.5 Å². The summed E-state index contributed by atoms with van der Waals surface area (Å²) in [5.41, 5.74) is 0.973. The summed E-state index contributed by atoms with van der Waals surface area (Å²) in [5.74, 6) is 2.09. The Labute approximate surface area is 120 Å². The number of nitriles is 1. The first kappa shape index (κ1) is 13.4. The lowest BCUT2D eigenvalue weighted by Crippen LogP contribution is -2.46. The number of carbonyl (C=O) groups is 1. The van der Waals surface area contributed by atoms with E-state index in [2.05, 4.69) is 10.8 Å². The zero-order valence-electron chi connectivity index (χ0n) is 12.0. The molecule has 0 atom stereocenters. The van der Waals surface area contributed by atoms with Crippen molar-refractivity contribution in [3.63, 3.8) is 0 Å². The first-order chi connectivity index (χ1) is 9.65. The standard InChI is InChI=1S/C17H21NO2/c1-20-16(19)4-2-3-15(11-18)17-8-12-5-13(9-17)7-14(6-12)10-17/h2-4,12-14H,5-10H2,1H3/b4-2+,15-3+. The van der Waals surface area contributed by atoms with Gasteiger partial charge in [-0.25, -0.2) is 4.79 Å². The number of allylic oxidation sites excluding steroid dienone is 3. The first-order valence-electron chi connectivity index (χ1n) is 7.52. The van der Waals surface area contributed by atoms with Crippen molar-refractivity contribution in [1.29, 1.82) is 5.26 Å². The van der Waals surface area contributed by atoms with Gasteiger partial charge in [-0.3, -0.25) is 0 Å². The lowest BCUT2D eigenvalue weighted by Gasteiger charge is -2.56. The van der Waals surface area contributed by atoms with E-state index in [0.29, 0.717) is 0 Å². The van der Waals surface area contributed by atoms with Crippen molar-refractivity contribution in [2.45, 2.75) is 38.5 Å². The number of hydrogen-bond acceptors (Lipinski definition) is 3. The van der Waals surface area contributed by atoms with Gasteiger partial charge in [-0.1, -0.05) is 6.08 Å². The van der Waals surface area contributed by atoms with Gasteiger partial charge in [0.05, 0.1) is 13.2 Å². The van der Waals surface area contributed by atoms with Crippen LogP contribution in [0.3, 0.4) is 0 Å². The molecule has 0 amide bonds. The van der Waals surface area contributed by atoms with E-state index in [1.54, 1.807) is 6.08 Å². The normalized spacial score (nSPS) is 39.0. The molecule has 3 nitrogen and oxygen atoms in total. The Bertz CT molecular complexity index is 474. The minimum absolute atomic E-state index is 0.101. The fourth-order valence-electron chi connectivity index (χ4n) is 5.06. The third-order valence-electron chi connectivity index (χ3n) is 5.43. The highest BCUT2D eigenvalue weighted by molar-refractivity contribution is 5.82. The zero-order chi connectivity index (χ0) is 14.2. The molecular weight excluding hydrogens is 250 g/mol. The Morgan fingerprint density at radius 3 is 2.20 bits per heavy atom. The van der Waals surface area contributed by atoms with Crippen LogP contribution in [0.25, 0.3) is 0 Å². The summed E-state index contributed by atoms with van der Waals surface area (Å²) in [5, 5.41) is 9.54. The maximum Gasteiger partial charge on any atom is 0.330 e. The number of methoxy groups -OCH3 is 1. The van der Waals surface area contributed by atoms with E-state index in [0.717, 1.165) is 23.3 Å². The van der Waals surface area contributed by atoms with Crippen molar-refractivity contribution in [3.8, 4) is 6.07 Å². The molecular formula is C17H21NO2. The molecule has 0 unspecified atom stereocenters. The van der Waals surface area contributed by atoms with Crippen LogP contribution in [-0.4, -0.2) is 13.1 Å². The minimum atomic E-state index is -0.371. The summed E-state index contributed by atoms with van der Waals surface area (Å²) >= 11 is 0. The second kappa shape index (κ2) is 5.09. The van der Waals surface area contributed by atoms with E-state index in [1.807, 2.05) is 6.08 Å². The van der Waals surface area contributed by atoms with Gasteiger partial charge < -0.3 is 4.74 Å². The van der Waals surface area contributed by atoms with Crippen molar-refractivity contribution < 1.29 is 9.53 Å². The van der Waals surface area contributed by atoms with Gasteiger partial charge in [0.15, 0.2) is 0 Å². The third kappa shape index (κ3) is 2.28. The number of hydrogen-bond donors (Lipinski definition) is 0. The first-order valence-corrected chi connectivity index (χ1v) is 7.52. The van der Waals surface area contributed by atoms with Gasteiger partial charge in [0.2, 0.25) is 0 Å². The van der Waals surface area contributed by atoms with Gasteiger partial charge in [0.1, 0.15) is 0 Å². The van der Waals surface area contributed by atoms with E-state index in [9.17, 15) is 10.1 Å². The van der Waals surface area contributed by atoms with E-state index < -0.39 is 0 Å². The second-order valence-corrected chi connectivity index (χ2v) is 6.77. The summed E-state index contributed by atoms with van der Waals surface area (Å²) in [4.78, 5) is 11.1. The molecule has 0 aliphatic heterocycles. The highest BCUT2D eigenvalue weighted by Crippen LogP contribution is 2.62. The van der Waals surface area contributed by atoms with Crippen molar-refractivity contribution in [2.75, 3.05) is 7.11 Å². The predicted molar refractivity (Wildman–Crippen MR) is 75.5 cm³/mol. The van der Waals surface area contributed by atoms with Gasteiger partial charge in [0, 0.05) is 17.1 Å². The van der Waals surface area contributed by atoms with Gasteiger partial charge in [-0.2, -0.15) is 5.26 Å². The molecule has 0 aromatic rings. The monoisotopic (exact) mass is 271 g/mol. The summed E-state index contributed by atoms with van der Waals surface area (Å²) in [6.07, 6.45) is 12.5. The van der Waals surface area contributed by atoms with E-state index >= 15 is 0 Å². The van der Waals surface area contributed by atoms with Crippen molar-refractivity contribution in [3.05, 3.63) is 23.8 Å². The number of nitrogens with zero attached hydrogens (tertiary/aromatic N) is 1. The Balaban J connectivity index is 1.82. The summed E-state index contributed by atoms with van der Waals surface area (Å²) < 4.78 is 4.58. The largest absolute Gasteiger partial charge is 0.466 e. The van der Waals surface area contributed by atoms with Crippen LogP contribution in [0.5, 0.6) is 0 Å². The SMILES string of the molecule is COC(=O)/C=C/C=C(\C#N)C12CC3CC(CC(C3)C1)C2. The maximum absolute atomic E-state index is 11.1. The van der Waals surface area contributed by atoms with Gasteiger partial charge in [-0.15, -0.1) is 0 Å². The quantitative estimate of drug-likeness (QED) is 0.342. The average molecular weight is 271 g/mol. The van der Waals surface area contributed by atoms with Crippen LogP contribution in [-0.2, 0) is 9.53 Å². The molecule has 0 radical (unpaired) electrons. The Kier molecular flexibility index (Phi) is 3.41. The van der Waals surface area contributed by atoms with Crippen LogP contribution in [0.1, 0.15) is 38.5 Å². The number of rotatable bonds is 3. The van der Waals surface area contributed by atoms with Crippen molar-refractivity contribution in [1.82, 2.24) is 0 Å². The lowest BCUT2D eigenvalue weighted by molar-refractivity contribution is -0.134. The van der Waals surface area contributed by atoms with Gasteiger partial charge >= 0.3 is 5.97 Å². The van der Waals surface area contributed by atoms with Gasteiger partial charge in [0.25, 0.3) is 0 Å².